The van der Waals surface area contributed by atoms with Crippen molar-refractivity contribution in [3.63, 3.8) is 0 Å². The number of anilines is 1. The van der Waals surface area contributed by atoms with E-state index in [1.165, 1.54) is 17.0 Å². The van der Waals surface area contributed by atoms with Crippen LogP contribution in [-0.2, 0) is 7.05 Å². The maximum absolute atomic E-state index is 11.2. The van der Waals surface area contributed by atoms with Crippen molar-refractivity contribution in [2.45, 2.75) is 0 Å². The van der Waals surface area contributed by atoms with Crippen LogP contribution in [0.5, 0.6) is 0 Å². The van der Waals surface area contributed by atoms with Crippen LogP contribution in [0, 0.1) is 0 Å². The monoisotopic (exact) mass is 179 g/mol. The second kappa shape index (κ2) is 3.89. The molecular weight excluding hydrogens is 166 g/mol. The van der Waals surface area contributed by atoms with E-state index in [-0.39, 0.29) is 5.56 Å². The number of aromatic nitrogens is 2. The van der Waals surface area contributed by atoms with E-state index in [0.717, 1.165) is 0 Å². The number of likely N-dealkylation sites (N-methyl/N-ethyl adjacent to an activating group) is 1. The Bertz CT molecular complexity index is 356. The van der Waals surface area contributed by atoms with Crippen LogP contribution >= 0.6 is 0 Å². The highest BCUT2D eigenvalue weighted by Gasteiger charge is 2.00. The van der Waals surface area contributed by atoms with Crippen molar-refractivity contribution in [2.24, 2.45) is 7.05 Å². The molecule has 1 rings (SSSR count). The smallest absolute Gasteiger partial charge is 0.255 e. The Morgan fingerprint density at radius 3 is 3.00 bits per heavy atom. The largest absolute Gasteiger partial charge is 0.356 e. The van der Waals surface area contributed by atoms with Gasteiger partial charge in [0.15, 0.2) is 0 Å². The van der Waals surface area contributed by atoms with Gasteiger partial charge in [-0.15, -0.1) is 6.58 Å². The first kappa shape index (κ1) is 9.51. The van der Waals surface area contributed by atoms with Crippen LogP contribution < -0.4 is 10.5 Å². The van der Waals surface area contributed by atoms with Crippen molar-refractivity contribution < 1.29 is 0 Å². The zero-order valence-corrected chi connectivity index (χ0v) is 7.90. The van der Waals surface area contributed by atoms with E-state index in [2.05, 4.69) is 11.6 Å². The van der Waals surface area contributed by atoms with Gasteiger partial charge < -0.3 is 9.47 Å². The third kappa shape index (κ3) is 2.18. The van der Waals surface area contributed by atoms with Crippen LogP contribution in [0.1, 0.15) is 0 Å². The third-order valence-electron chi connectivity index (χ3n) is 1.76. The summed E-state index contributed by atoms with van der Waals surface area (Å²) in [6, 6.07) is 1.50. The fourth-order valence-electron chi connectivity index (χ4n) is 0.948. The van der Waals surface area contributed by atoms with Crippen molar-refractivity contribution in [3.05, 3.63) is 35.4 Å². The van der Waals surface area contributed by atoms with Crippen molar-refractivity contribution in [1.82, 2.24) is 9.55 Å². The number of hydrogen-bond acceptors (Lipinski definition) is 3. The van der Waals surface area contributed by atoms with Gasteiger partial charge in [0.05, 0.1) is 6.33 Å². The Morgan fingerprint density at radius 2 is 2.46 bits per heavy atom. The molecule has 0 N–H and O–H groups in total. The quantitative estimate of drug-likeness (QED) is 0.630. The lowest BCUT2D eigenvalue weighted by atomic mass is 10.5. The van der Waals surface area contributed by atoms with Gasteiger partial charge in [-0.2, -0.15) is 0 Å². The number of nitrogens with zero attached hydrogens (tertiary/aromatic N) is 3. The van der Waals surface area contributed by atoms with Gasteiger partial charge in [0.1, 0.15) is 5.82 Å². The SMILES string of the molecule is C=CCN(C)c1cc(=O)n(C)cn1. The Hall–Kier alpha value is -1.58. The van der Waals surface area contributed by atoms with E-state index in [1.807, 2.05) is 11.9 Å². The standard InChI is InChI=1S/C9H13N3O/c1-4-5-11(2)8-6-9(13)12(3)7-10-8/h4,6-7H,1,5H2,2-3H3. The summed E-state index contributed by atoms with van der Waals surface area (Å²) in [5.41, 5.74) is -0.0547. The first-order valence-corrected chi connectivity index (χ1v) is 4.00. The van der Waals surface area contributed by atoms with E-state index in [0.29, 0.717) is 12.4 Å². The first-order chi connectivity index (χ1) is 6.15. The molecule has 0 bridgehead atoms. The van der Waals surface area contributed by atoms with Crippen LogP contribution in [0.2, 0.25) is 0 Å². The van der Waals surface area contributed by atoms with Crippen LogP contribution in [0.3, 0.4) is 0 Å². The Labute approximate surface area is 77.1 Å². The minimum absolute atomic E-state index is 0.0547. The average molecular weight is 179 g/mol. The fraction of sp³-hybridized carbons (Fsp3) is 0.333. The second-order valence-electron chi connectivity index (χ2n) is 2.87. The Balaban J connectivity index is 2.96. The summed E-state index contributed by atoms with van der Waals surface area (Å²) < 4.78 is 1.44. The van der Waals surface area contributed by atoms with Crippen LogP contribution in [0.15, 0.2) is 29.8 Å². The molecule has 0 aromatic carbocycles. The van der Waals surface area contributed by atoms with E-state index >= 15 is 0 Å². The first-order valence-electron chi connectivity index (χ1n) is 4.00. The molecule has 0 aliphatic carbocycles. The van der Waals surface area contributed by atoms with E-state index in [4.69, 9.17) is 0 Å². The van der Waals surface area contributed by atoms with E-state index in [9.17, 15) is 4.79 Å². The lowest BCUT2D eigenvalue weighted by Gasteiger charge is -2.15. The van der Waals surface area contributed by atoms with Crippen molar-refractivity contribution in [3.8, 4) is 0 Å². The highest BCUT2D eigenvalue weighted by Crippen LogP contribution is 2.02. The molecule has 0 radical (unpaired) electrons. The predicted octanol–water partition coefficient (Wildman–Crippen LogP) is 0.402. The van der Waals surface area contributed by atoms with Crippen LogP contribution in [0.4, 0.5) is 5.82 Å². The molecule has 0 atom stereocenters. The zero-order chi connectivity index (χ0) is 9.84. The van der Waals surface area contributed by atoms with Crippen molar-refractivity contribution in [1.29, 1.82) is 0 Å². The van der Waals surface area contributed by atoms with Gasteiger partial charge in [-0.1, -0.05) is 6.08 Å². The second-order valence-corrected chi connectivity index (χ2v) is 2.87. The van der Waals surface area contributed by atoms with Crippen molar-refractivity contribution >= 4 is 5.82 Å². The molecule has 1 aromatic heterocycles. The highest BCUT2D eigenvalue weighted by molar-refractivity contribution is 5.35. The lowest BCUT2D eigenvalue weighted by Crippen LogP contribution is -2.23. The number of rotatable bonds is 3. The van der Waals surface area contributed by atoms with E-state index < -0.39 is 0 Å². The maximum atomic E-state index is 11.2. The molecule has 0 spiro atoms. The molecule has 13 heavy (non-hydrogen) atoms. The summed E-state index contributed by atoms with van der Waals surface area (Å²) in [6.07, 6.45) is 3.27. The molecule has 0 aliphatic rings. The summed E-state index contributed by atoms with van der Waals surface area (Å²) >= 11 is 0. The molecule has 0 fully saturated rings. The van der Waals surface area contributed by atoms with Crippen LogP contribution in [-0.4, -0.2) is 23.1 Å². The molecule has 1 aromatic rings. The summed E-state index contributed by atoms with van der Waals surface area (Å²) in [5, 5.41) is 0. The molecule has 1 heterocycles. The summed E-state index contributed by atoms with van der Waals surface area (Å²) in [5.74, 6) is 0.669. The van der Waals surface area contributed by atoms with Gasteiger partial charge in [0.2, 0.25) is 0 Å². The van der Waals surface area contributed by atoms with Gasteiger partial charge in [0.25, 0.3) is 5.56 Å². The topological polar surface area (TPSA) is 38.1 Å². The maximum Gasteiger partial charge on any atom is 0.255 e. The van der Waals surface area contributed by atoms with Gasteiger partial charge in [0, 0.05) is 26.7 Å². The molecule has 4 heteroatoms. The highest BCUT2D eigenvalue weighted by atomic mass is 16.1. The van der Waals surface area contributed by atoms with Gasteiger partial charge >= 0.3 is 0 Å². The van der Waals surface area contributed by atoms with Gasteiger partial charge in [-0.05, 0) is 0 Å². The minimum atomic E-state index is -0.0547. The van der Waals surface area contributed by atoms with Crippen LogP contribution in [0.25, 0.3) is 0 Å². The summed E-state index contributed by atoms with van der Waals surface area (Å²) in [7, 11) is 3.54. The Morgan fingerprint density at radius 1 is 1.77 bits per heavy atom. The van der Waals surface area contributed by atoms with Gasteiger partial charge in [-0.3, -0.25) is 4.79 Å². The molecule has 70 valence electrons. The molecule has 0 aliphatic heterocycles. The molecule has 0 saturated heterocycles. The molecule has 0 saturated carbocycles. The van der Waals surface area contributed by atoms with Crippen molar-refractivity contribution in [2.75, 3.05) is 18.5 Å². The number of aryl methyl sites for hydroxylation is 1. The average Bonchev–Trinajstić information content (AvgIpc) is 2.10. The minimum Gasteiger partial charge on any atom is -0.356 e. The molecule has 4 nitrogen and oxygen atoms in total. The normalized spacial score (nSPS) is 9.69. The molecule has 0 amide bonds. The third-order valence-corrected chi connectivity index (χ3v) is 1.76. The predicted molar refractivity (Wildman–Crippen MR) is 52.9 cm³/mol. The van der Waals surface area contributed by atoms with E-state index in [1.54, 1.807) is 13.1 Å². The Kier molecular flexibility index (Phi) is 2.84. The summed E-state index contributed by atoms with van der Waals surface area (Å²) in [6.45, 7) is 4.29. The molecular formula is C9H13N3O. The molecule has 0 unspecified atom stereocenters. The fourth-order valence-corrected chi connectivity index (χ4v) is 0.948. The lowest BCUT2D eigenvalue weighted by molar-refractivity contribution is 0.813. The summed E-state index contributed by atoms with van der Waals surface area (Å²) in [4.78, 5) is 17.2. The number of hydrogen-bond donors (Lipinski definition) is 0. The van der Waals surface area contributed by atoms with Gasteiger partial charge in [-0.25, -0.2) is 4.98 Å². The zero-order valence-electron chi connectivity index (χ0n) is 7.90.